The van der Waals surface area contributed by atoms with E-state index in [0.717, 1.165) is 38.9 Å². The standard InChI is InChI=1S/C19H29ClN2O3/c1-4-6-9-25-18-16(20)10-15(11-17(18)24-5-2)19(23)22-8-7-14(13-22)12-21-3/h10-11,14,21H,4-9,12-13H2,1-3H3. The summed E-state index contributed by atoms with van der Waals surface area (Å²) in [7, 11) is 1.94. The summed E-state index contributed by atoms with van der Waals surface area (Å²) < 4.78 is 11.5. The lowest BCUT2D eigenvalue weighted by atomic mass is 10.1. The average molecular weight is 369 g/mol. The average Bonchev–Trinajstić information content (AvgIpc) is 3.05. The van der Waals surface area contributed by atoms with Gasteiger partial charge < -0.3 is 19.7 Å². The van der Waals surface area contributed by atoms with Gasteiger partial charge in [0.1, 0.15) is 0 Å². The highest BCUT2D eigenvalue weighted by atomic mass is 35.5. The number of nitrogens with one attached hydrogen (secondary N) is 1. The van der Waals surface area contributed by atoms with E-state index < -0.39 is 0 Å². The third kappa shape index (κ3) is 5.25. The van der Waals surface area contributed by atoms with E-state index in [4.69, 9.17) is 21.1 Å². The molecule has 0 aromatic heterocycles. The Morgan fingerprint density at radius 2 is 2.16 bits per heavy atom. The maximum Gasteiger partial charge on any atom is 0.254 e. The number of amides is 1. The van der Waals surface area contributed by atoms with Crippen LogP contribution in [0.4, 0.5) is 0 Å². The van der Waals surface area contributed by atoms with E-state index >= 15 is 0 Å². The fraction of sp³-hybridized carbons (Fsp3) is 0.632. The molecule has 0 spiro atoms. The van der Waals surface area contributed by atoms with Gasteiger partial charge >= 0.3 is 0 Å². The number of hydrogen-bond acceptors (Lipinski definition) is 4. The lowest BCUT2D eigenvalue weighted by Gasteiger charge is -2.19. The molecule has 0 radical (unpaired) electrons. The largest absolute Gasteiger partial charge is 0.490 e. The number of hydrogen-bond donors (Lipinski definition) is 1. The van der Waals surface area contributed by atoms with Crippen molar-refractivity contribution in [2.24, 2.45) is 5.92 Å². The van der Waals surface area contributed by atoms with Crippen molar-refractivity contribution in [3.8, 4) is 11.5 Å². The summed E-state index contributed by atoms with van der Waals surface area (Å²) in [4.78, 5) is 14.7. The van der Waals surface area contributed by atoms with Gasteiger partial charge in [0.15, 0.2) is 11.5 Å². The first-order chi connectivity index (χ1) is 12.1. The van der Waals surface area contributed by atoms with Crippen LogP contribution < -0.4 is 14.8 Å². The predicted molar refractivity (Wildman–Crippen MR) is 101 cm³/mol. The van der Waals surface area contributed by atoms with Crippen LogP contribution in [0.3, 0.4) is 0 Å². The van der Waals surface area contributed by atoms with Crippen molar-refractivity contribution in [2.45, 2.75) is 33.1 Å². The van der Waals surface area contributed by atoms with Crippen molar-refractivity contribution in [1.82, 2.24) is 10.2 Å². The summed E-state index contributed by atoms with van der Waals surface area (Å²) in [5, 5.41) is 3.61. The summed E-state index contributed by atoms with van der Waals surface area (Å²) in [6.45, 7) is 7.57. The minimum absolute atomic E-state index is 0.00145. The topological polar surface area (TPSA) is 50.8 Å². The zero-order chi connectivity index (χ0) is 18.2. The number of nitrogens with zero attached hydrogens (tertiary/aromatic N) is 1. The van der Waals surface area contributed by atoms with Crippen LogP contribution >= 0.6 is 11.6 Å². The molecule has 0 aliphatic carbocycles. The van der Waals surface area contributed by atoms with E-state index in [0.29, 0.717) is 41.2 Å². The molecule has 1 atom stereocenters. The number of carbonyl (C=O) groups is 1. The SMILES string of the molecule is CCCCOc1c(Cl)cc(C(=O)N2CCC(CNC)C2)cc1OCC. The maximum absolute atomic E-state index is 12.8. The van der Waals surface area contributed by atoms with Crippen LogP contribution in [0.25, 0.3) is 0 Å². The van der Waals surface area contributed by atoms with Gasteiger partial charge in [0.05, 0.1) is 18.2 Å². The van der Waals surface area contributed by atoms with Crippen molar-refractivity contribution in [2.75, 3.05) is 39.9 Å². The van der Waals surface area contributed by atoms with Crippen LogP contribution in [-0.4, -0.2) is 50.7 Å². The van der Waals surface area contributed by atoms with Gasteiger partial charge in [0.25, 0.3) is 5.91 Å². The molecule has 6 heteroatoms. The van der Waals surface area contributed by atoms with Crippen LogP contribution in [0.5, 0.6) is 11.5 Å². The van der Waals surface area contributed by atoms with Crippen LogP contribution in [0.2, 0.25) is 5.02 Å². The fourth-order valence-electron chi connectivity index (χ4n) is 3.07. The van der Waals surface area contributed by atoms with Gasteiger partial charge in [-0.2, -0.15) is 0 Å². The molecule has 5 nitrogen and oxygen atoms in total. The van der Waals surface area contributed by atoms with E-state index in [2.05, 4.69) is 12.2 Å². The first kappa shape index (κ1) is 19.9. The Bertz CT molecular complexity index is 580. The molecule has 25 heavy (non-hydrogen) atoms. The quantitative estimate of drug-likeness (QED) is 0.676. The lowest BCUT2D eigenvalue weighted by Crippen LogP contribution is -2.30. The summed E-state index contributed by atoms with van der Waals surface area (Å²) in [6, 6.07) is 3.45. The molecule has 1 saturated heterocycles. The smallest absolute Gasteiger partial charge is 0.254 e. The van der Waals surface area contributed by atoms with Crippen LogP contribution in [-0.2, 0) is 0 Å². The fourth-order valence-corrected chi connectivity index (χ4v) is 3.33. The Hall–Kier alpha value is -1.46. The number of ether oxygens (including phenoxy) is 2. The van der Waals surface area contributed by atoms with E-state index in [9.17, 15) is 4.79 Å². The molecule has 1 aliphatic heterocycles. The second kappa shape index (κ2) is 9.88. The highest BCUT2D eigenvalue weighted by molar-refractivity contribution is 6.32. The first-order valence-electron chi connectivity index (χ1n) is 9.13. The van der Waals surface area contributed by atoms with Crippen molar-refractivity contribution in [1.29, 1.82) is 0 Å². The Balaban J connectivity index is 2.16. The van der Waals surface area contributed by atoms with Gasteiger partial charge in [0.2, 0.25) is 0 Å². The van der Waals surface area contributed by atoms with Crippen LogP contribution in [0.1, 0.15) is 43.5 Å². The van der Waals surface area contributed by atoms with Crippen molar-refractivity contribution >= 4 is 17.5 Å². The molecule has 1 aromatic carbocycles. The van der Waals surface area contributed by atoms with Crippen LogP contribution in [0, 0.1) is 5.92 Å². The molecule has 0 saturated carbocycles. The third-order valence-electron chi connectivity index (χ3n) is 4.37. The van der Waals surface area contributed by atoms with Crippen molar-refractivity contribution in [3.05, 3.63) is 22.7 Å². The number of likely N-dealkylation sites (tertiary alicyclic amines) is 1. The first-order valence-corrected chi connectivity index (χ1v) is 9.51. The Kier molecular flexibility index (Phi) is 7.85. The molecule has 140 valence electrons. The van der Waals surface area contributed by atoms with Crippen molar-refractivity contribution < 1.29 is 14.3 Å². The minimum atomic E-state index is 0.00145. The van der Waals surface area contributed by atoms with Gasteiger partial charge in [0, 0.05) is 18.7 Å². The number of benzene rings is 1. The summed E-state index contributed by atoms with van der Waals surface area (Å²) in [5.74, 6) is 1.58. The van der Waals surface area contributed by atoms with Gasteiger partial charge in [-0.1, -0.05) is 24.9 Å². The number of halogens is 1. The van der Waals surface area contributed by atoms with Gasteiger partial charge in [-0.05, 0) is 51.4 Å². The monoisotopic (exact) mass is 368 g/mol. The zero-order valence-electron chi connectivity index (χ0n) is 15.4. The minimum Gasteiger partial charge on any atom is -0.490 e. The van der Waals surface area contributed by atoms with Crippen LogP contribution in [0.15, 0.2) is 12.1 Å². The molecule has 1 amide bonds. The highest BCUT2D eigenvalue weighted by Crippen LogP contribution is 2.37. The zero-order valence-corrected chi connectivity index (χ0v) is 16.2. The normalized spacial score (nSPS) is 17.0. The summed E-state index contributed by atoms with van der Waals surface area (Å²) in [6.07, 6.45) is 3.01. The Morgan fingerprint density at radius 1 is 1.36 bits per heavy atom. The second-order valence-electron chi connectivity index (χ2n) is 6.38. The summed E-state index contributed by atoms with van der Waals surface area (Å²) >= 11 is 6.39. The molecule has 1 N–H and O–H groups in total. The lowest BCUT2D eigenvalue weighted by molar-refractivity contribution is 0.0786. The Labute approximate surface area is 155 Å². The molecule has 1 aromatic rings. The third-order valence-corrected chi connectivity index (χ3v) is 4.65. The van der Waals surface area contributed by atoms with E-state index in [-0.39, 0.29) is 5.91 Å². The Morgan fingerprint density at radius 3 is 2.84 bits per heavy atom. The number of unbranched alkanes of at least 4 members (excludes halogenated alkanes) is 1. The molecular formula is C19H29ClN2O3. The molecule has 1 heterocycles. The van der Waals surface area contributed by atoms with E-state index in [1.165, 1.54) is 0 Å². The van der Waals surface area contributed by atoms with Gasteiger partial charge in [-0.3, -0.25) is 4.79 Å². The molecular weight excluding hydrogens is 340 g/mol. The maximum atomic E-state index is 12.8. The molecule has 1 fully saturated rings. The van der Waals surface area contributed by atoms with Gasteiger partial charge in [-0.15, -0.1) is 0 Å². The summed E-state index contributed by atoms with van der Waals surface area (Å²) in [5.41, 5.74) is 0.557. The molecule has 1 unspecified atom stereocenters. The predicted octanol–water partition coefficient (Wildman–Crippen LogP) is 3.60. The van der Waals surface area contributed by atoms with Gasteiger partial charge in [-0.25, -0.2) is 0 Å². The number of carbonyl (C=O) groups excluding carboxylic acids is 1. The molecule has 1 aliphatic rings. The number of rotatable bonds is 9. The second-order valence-corrected chi connectivity index (χ2v) is 6.79. The van der Waals surface area contributed by atoms with E-state index in [1.54, 1.807) is 12.1 Å². The molecule has 2 rings (SSSR count). The van der Waals surface area contributed by atoms with Crippen molar-refractivity contribution in [3.63, 3.8) is 0 Å². The highest BCUT2D eigenvalue weighted by Gasteiger charge is 2.27. The molecule has 0 bridgehead atoms. The van der Waals surface area contributed by atoms with E-state index in [1.807, 2.05) is 18.9 Å².